The van der Waals surface area contributed by atoms with Gasteiger partial charge in [-0.15, -0.1) is 13.2 Å². The van der Waals surface area contributed by atoms with Crippen LogP contribution >= 0.6 is 34.8 Å². The Morgan fingerprint density at radius 3 is 1.30 bits per heavy atom. The summed E-state index contributed by atoms with van der Waals surface area (Å²) in [5, 5.41) is 1.43. The summed E-state index contributed by atoms with van der Waals surface area (Å²) in [4.78, 5) is 0. The van der Waals surface area contributed by atoms with Gasteiger partial charge in [-0.3, -0.25) is 0 Å². The maximum absolute atomic E-state index is 11.7. The van der Waals surface area contributed by atoms with Crippen LogP contribution in [0.25, 0.3) is 0 Å². The molecule has 0 saturated carbocycles. The first-order valence-electron chi connectivity index (χ1n) is 10.7. The topological polar surface area (TPSA) is 27.7 Å². The summed E-state index contributed by atoms with van der Waals surface area (Å²) in [7, 11) is 0. The third kappa shape index (κ3) is 13.6. The summed E-state index contributed by atoms with van der Waals surface area (Å²) in [5.74, 6) is 0.615. The first-order chi connectivity index (χ1) is 17.1. The van der Waals surface area contributed by atoms with Crippen molar-refractivity contribution in [2.75, 3.05) is 0 Å². The Balaban J connectivity index is 0.000000278. The molecule has 204 valence electrons. The summed E-state index contributed by atoms with van der Waals surface area (Å²) in [6.45, 7) is 6.64. The summed E-state index contributed by atoms with van der Waals surface area (Å²) in [6.07, 6.45) is -4.47. The number of hydrogen-bond donors (Lipinski definition) is 0. The predicted octanol–water partition coefficient (Wildman–Crippen LogP) is 10.2. The molecule has 0 atom stereocenters. The van der Waals surface area contributed by atoms with Crippen molar-refractivity contribution in [1.29, 1.82) is 0 Å². The van der Waals surface area contributed by atoms with Crippen molar-refractivity contribution >= 4 is 34.8 Å². The van der Waals surface area contributed by atoms with Crippen LogP contribution in [-0.4, -0.2) is 19.1 Å². The molecular formula is C26H26Cl3F5O3. The van der Waals surface area contributed by atoms with E-state index in [1.807, 2.05) is 39.0 Å². The normalized spacial score (nSPS) is 10.8. The lowest BCUT2D eigenvalue weighted by atomic mass is 10.2. The van der Waals surface area contributed by atoms with Gasteiger partial charge in [-0.25, -0.2) is 0 Å². The standard InChI is InChI=1S/C10H13ClO.C8H6ClF3O.C8H7ClF2O/c1-7(2)12-9-5-4-8(3)10(11)6-9;1-5-2-3-6(4-7(5)9)13-8(10,11)12;1-5-2-3-6(4-7(5)9)12-8(10)11/h4-7H,1-3H3;2-4H,1H3;2-4,8H,1H3. The molecule has 0 aliphatic rings. The van der Waals surface area contributed by atoms with Crippen molar-refractivity contribution in [3.63, 3.8) is 0 Å². The Morgan fingerprint density at radius 2 is 0.973 bits per heavy atom. The maximum atomic E-state index is 11.7. The number of benzene rings is 3. The Labute approximate surface area is 228 Å². The van der Waals surface area contributed by atoms with Gasteiger partial charge in [-0.2, -0.15) is 8.78 Å². The Kier molecular flexibility index (Phi) is 13.3. The van der Waals surface area contributed by atoms with E-state index in [2.05, 4.69) is 9.47 Å². The number of hydrogen-bond acceptors (Lipinski definition) is 3. The summed E-state index contributed by atoms with van der Waals surface area (Å²) < 4.78 is 71.8. The minimum absolute atomic E-state index is 0.0839. The number of halogens is 8. The number of ether oxygens (including phenoxy) is 3. The molecule has 0 spiro atoms. The first kappa shape index (κ1) is 32.6. The molecule has 3 nitrogen and oxygen atoms in total. The third-order valence-corrected chi connectivity index (χ3v) is 5.48. The molecular weight excluding hydrogens is 562 g/mol. The highest BCUT2D eigenvalue weighted by Crippen LogP contribution is 2.27. The van der Waals surface area contributed by atoms with Crippen molar-refractivity contribution in [1.82, 2.24) is 0 Å². The predicted molar refractivity (Wildman–Crippen MR) is 138 cm³/mol. The van der Waals surface area contributed by atoms with Crippen molar-refractivity contribution in [3.05, 3.63) is 86.4 Å². The average molecular weight is 588 g/mol. The largest absolute Gasteiger partial charge is 0.573 e. The van der Waals surface area contributed by atoms with E-state index in [0.29, 0.717) is 10.6 Å². The van der Waals surface area contributed by atoms with Gasteiger partial charge in [0, 0.05) is 15.1 Å². The van der Waals surface area contributed by atoms with Crippen LogP contribution in [0.1, 0.15) is 30.5 Å². The van der Waals surface area contributed by atoms with E-state index in [4.69, 9.17) is 39.5 Å². The lowest BCUT2D eigenvalue weighted by Gasteiger charge is -2.10. The molecule has 0 bridgehead atoms. The van der Waals surface area contributed by atoms with E-state index in [1.54, 1.807) is 19.9 Å². The third-order valence-electron chi connectivity index (χ3n) is 4.26. The molecule has 0 saturated heterocycles. The quantitative estimate of drug-likeness (QED) is 0.278. The Bertz CT molecular complexity index is 1080. The fourth-order valence-electron chi connectivity index (χ4n) is 2.44. The molecule has 0 unspecified atom stereocenters. The molecule has 3 aromatic carbocycles. The van der Waals surface area contributed by atoms with Crippen LogP contribution in [0, 0.1) is 20.8 Å². The smallest absolute Gasteiger partial charge is 0.491 e. The molecule has 0 amide bonds. The molecule has 0 aromatic heterocycles. The molecule has 0 N–H and O–H groups in total. The van der Waals surface area contributed by atoms with Crippen LogP contribution in [0.3, 0.4) is 0 Å². The van der Waals surface area contributed by atoms with Crippen molar-refractivity contribution in [2.24, 2.45) is 0 Å². The van der Waals surface area contributed by atoms with Crippen molar-refractivity contribution < 1.29 is 36.2 Å². The van der Waals surface area contributed by atoms with Gasteiger partial charge in [0.25, 0.3) is 0 Å². The van der Waals surface area contributed by atoms with Crippen molar-refractivity contribution in [3.8, 4) is 17.2 Å². The lowest BCUT2D eigenvalue weighted by Crippen LogP contribution is -2.17. The van der Waals surface area contributed by atoms with Gasteiger partial charge in [0.05, 0.1) is 6.10 Å². The zero-order chi connectivity index (χ0) is 28.3. The van der Waals surface area contributed by atoms with Gasteiger partial charge < -0.3 is 14.2 Å². The van der Waals surface area contributed by atoms with E-state index in [-0.39, 0.29) is 22.6 Å². The van der Waals surface area contributed by atoms with E-state index in [1.165, 1.54) is 24.3 Å². The molecule has 3 rings (SSSR count). The van der Waals surface area contributed by atoms with Gasteiger partial charge in [-0.05, 0) is 87.7 Å². The van der Waals surface area contributed by atoms with Crippen LogP contribution in [0.15, 0.2) is 54.6 Å². The first-order valence-corrected chi connectivity index (χ1v) is 11.9. The van der Waals surface area contributed by atoms with Crippen LogP contribution < -0.4 is 14.2 Å². The molecule has 0 aliphatic carbocycles. The molecule has 3 aromatic rings. The van der Waals surface area contributed by atoms with E-state index in [9.17, 15) is 22.0 Å². The zero-order valence-corrected chi connectivity index (χ0v) is 22.9. The summed E-state index contributed by atoms with van der Waals surface area (Å²) >= 11 is 17.2. The number of rotatable bonds is 5. The highest BCUT2D eigenvalue weighted by molar-refractivity contribution is 6.32. The minimum Gasteiger partial charge on any atom is -0.491 e. The SMILES string of the molecule is Cc1ccc(OC(C)C)cc1Cl.Cc1ccc(OC(F)(F)F)cc1Cl.Cc1ccc(OC(F)F)cc1Cl. The molecule has 11 heteroatoms. The minimum atomic E-state index is -4.67. The second kappa shape index (κ2) is 15.1. The van der Waals surface area contributed by atoms with Gasteiger partial charge in [0.1, 0.15) is 17.2 Å². The second-order valence-corrected chi connectivity index (χ2v) is 9.05. The highest BCUT2D eigenvalue weighted by atomic mass is 35.5. The van der Waals surface area contributed by atoms with Crippen molar-refractivity contribution in [2.45, 2.75) is 53.7 Å². The van der Waals surface area contributed by atoms with Gasteiger partial charge in [-0.1, -0.05) is 53.0 Å². The fraction of sp³-hybridized carbons (Fsp3) is 0.308. The number of aryl methyl sites for hydroxylation is 3. The zero-order valence-electron chi connectivity index (χ0n) is 20.6. The second-order valence-electron chi connectivity index (χ2n) is 7.83. The van der Waals surface area contributed by atoms with Crippen LogP contribution in [0.4, 0.5) is 22.0 Å². The molecule has 0 heterocycles. The Morgan fingerprint density at radius 1 is 0.622 bits per heavy atom. The van der Waals surface area contributed by atoms with E-state index >= 15 is 0 Å². The average Bonchev–Trinajstić information content (AvgIpc) is 2.75. The molecule has 0 radical (unpaired) electrons. The summed E-state index contributed by atoms with van der Waals surface area (Å²) in [6, 6.07) is 14.0. The molecule has 37 heavy (non-hydrogen) atoms. The van der Waals surface area contributed by atoms with Crippen LogP contribution in [0.5, 0.6) is 17.2 Å². The van der Waals surface area contributed by atoms with Gasteiger partial charge in [0.15, 0.2) is 0 Å². The lowest BCUT2D eigenvalue weighted by molar-refractivity contribution is -0.274. The van der Waals surface area contributed by atoms with Gasteiger partial charge in [0.2, 0.25) is 0 Å². The molecule has 0 fully saturated rings. The van der Waals surface area contributed by atoms with Crippen LogP contribution in [-0.2, 0) is 0 Å². The highest BCUT2D eigenvalue weighted by Gasteiger charge is 2.31. The van der Waals surface area contributed by atoms with E-state index in [0.717, 1.165) is 28.0 Å². The van der Waals surface area contributed by atoms with E-state index < -0.39 is 13.0 Å². The van der Waals surface area contributed by atoms with Gasteiger partial charge >= 0.3 is 13.0 Å². The van der Waals surface area contributed by atoms with Crippen LogP contribution in [0.2, 0.25) is 15.1 Å². The summed E-state index contributed by atoms with van der Waals surface area (Å²) in [5.41, 5.74) is 2.61. The monoisotopic (exact) mass is 586 g/mol. The molecule has 0 aliphatic heterocycles. The number of alkyl halides is 5. The Hall–Kier alpha value is -2.42. The maximum Gasteiger partial charge on any atom is 0.573 e. The fourth-order valence-corrected chi connectivity index (χ4v) is 2.95.